The molecule has 1 fully saturated rings. The van der Waals surface area contributed by atoms with Crippen LogP contribution >= 0.6 is 0 Å². The zero-order valence-electron chi connectivity index (χ0n) is 11.7. The molecule has 0 aromatic heterocycles. The number of carboxylic acid groups (broad SMARTS) is 1. The highest BCUT2D eigenvalue weighted by molar-refractivity contribution is 5.85. The van der Waals surface area contributed by atoms with Crippen LogP contribution in [0.1, 0.15) is 59.3 Å². The largest absolute Gasteiger partial charge is 0.481 e. The summed E-state index contributed by atoms with van der Waals surface area (Å²) < 4.78 is 0. The number of nitrogens with zero attached hydrogens (tertiary/aromatic N) is 1. The van der Waals surface area contributed by atoms with Crippen molar-refractivity contribution in [2.45, 2.75) is 65.3 Å². The number of hydrogen-bond donors (Lipinski definition) is 1. The molecule has 0 saturated heterocycles. The highest BCUT2D eigenvalue weighted by atomic mass is 16.4. The summed E-state index contributed by atoms with van der Waals surface area (Å²) in [5, 5.41) is 9.39. The Morgan fingerprint density at radius 1 is 1.28 bits per heavy atom. The summed E-state index contributed by atoms with van der Waals surface area (Å²) in [6.45, 7) is 6.67. The molecule has 0 aliphatic heterocycles. The average Bonchev–Trinajstić information content (AvgIpc) is 2.79. The maximum atomic E-state index is 12.3. The molecular weight excluding hydrogens is 230 g/mol. The Balaban J connectivity index is 2.75. The molecule has 1 unspecified atom stereocenters. The van der Waals surface area contributed by atoms with Gasteiger partial charge >= 0.3 is 5.97 Å². The number of hydrogen-bond acceptors (Lipinski definition) is 2. The van der Waals surface area contributed by atoms with Crippen LogP contribution in [0.25, 0.3) is 0 Å². The van der Waals surface area contributed by atoms with Crippen LogP contribution < -0.4 is 0 Å². The van der Waals surface area contributed by atoms with Gasteiger partial charge in [-0.15, -0.1) is 0 Å². The molecule has 104 valence electrons. The first kappa shape index (κ1) is 15.0. The van der Waals surface area contributed by atoms with Crippen molar-refractivity contribution < 1.29 is 14.7 Å². The standard InChI is InChI=1S/C14H25NO3/c1-4-11(3)15(5-2)12(16)10-14(13(17)18)8-6-7-9-14/h11H,4-10H2,1-3H3,(H,17,18). The number of aliphatic carboxylic acids is 1. The van der Waals surface area contributed by atoms with E-state index in [4.69, 9.17) is 0 Å². The second kappa shape index (κ2) is 6.21. The van der Waals surface area contributed by atoms with Crippen molar-refractivity contribution in [2.24, 2.45) is 5.41 Å². The van der Waals surface area contributed by atoms with Gasteiger partial charge in [0, 0.05) is 19.0 Å². The van der Waals surface area contributed by atoms with Gasteiger partial charge in [-0.25, -0.2) is 0 Å². The third kappa shape index (κ3) is 3.03. The SMILES string of the molecule is CCC(C)N(CC)C(=O)CC1(C(=O)O)CCCC1. The Bertz CT molecular complexity index is 308. The molecular formula is C14H25NO3. The lowest BCUT2D eigenvalue weighted by atomic mass is 9.82. The van der Waals surface area contributed by atoms with Gasteiger partial charge in [0.25, 0.3) is 0 Å². The molecule has 1 atom stereocenters. The Morgan fingerprint density at radius 2 is 1.83 bits per heavy atom. The van der Waals surface area contributed by atoms with Crippen LogP contribution in [0.3, 0.4) is 0 Å². The normalized spacial score (nSPS) is 19.5. The Morgan fingerprint density at radius 3 is 2.22 bits per heavy atom. The van der Waals surface area contributed by atoms with Crippen molar-refractivity contribution in [3.8, 4) is 0 Å². The van der Waals surface area contributed by atoms with Crippen molar-refractivity contribution in [3.63, 3.8) is 0 Å². The van der Waals surface area contributed by atoms with Gasteiger partial charge in [0.1, 0.15) is 0 Å². The molecule has 18 heavy (non-hydrogen) atoms. The maximum absolute atomic E-state index is 12.3. The number of carboxylic acids is 1. The van der Waals surface area contributed by atoms with Crippen molar-refractivity contribution in [2.75, 3.05) is 6.54 Å². The minimum atomic E-state index is -0.798. The molecule has 0 radical (unpaired) electrons. The van der Waals surface area contributed by atoms with Gasteiger partial charge in [-0.1, -0.05) is 19.8 Å². The van der Waals surface area contributed by atoms with Gasteiger partial charge < -0.3 is 10.0 Å². The van der Waals surface area contributed by atoms with E-state index in [-0.39, 0.29) is 18.4 Å². The molecule has 0 aromatic carbocycles. The Hall–Kier alpha value is -1.06. The van der Waals surface area contributed by atoms with Gasteiger partial charge in [-0.3, -0.25) is 9.59 Å². The van der Waals surface area contributed by atoms with Crippen LogP contribution in [0.4, 0.5) is 0 Å². The smallest absolute Gasteiger partial charge is 0.310 e. The summed E-state index contributed by atoms with van der Waals surface area (Å²) >= 11 is 0. The Kier molecular flexibility index (Phi) is 5.17. The van der Waals surface area contributed by atoms with E-state index < -0.39 is 11.4 Å². The van der Waals surface area contributed by atoms with Gasteiger partial charge in [-0.2, -0.15) is 0 Å². The first-order chi connectivity index (χ1) is 8.46. The van der Waals surface area contributed by atoms with Crippen LogP contribution in [-0.2, 0) is 9.59 Å². The lowest BCUT2D eigenvalue weighted by Crippen LogP contribution is -2.42. The molecule has 0 aromatic rings. The predicted octanol–water partition coefficient (Wildman–Crippen LogP) is 2.67. The third-order valence-electron chi connectivity index (χ3n) is 4.29. The van der Waals surface area contributed by atoms with Gasteiger partial charge in [-0.05, 0) is 33.1 Å². The second-order valence-corrected chi connectivity index (χ2v) is 5.41. The van der Waals surface area contributed by atoms with Crippen molar-refractivity contribution in [1.29, 1.82) is 0 Å². The van der Waals surface area contributed by atoms with E-state index in [1.165, 1.54) is 0 Å². The van der Waals surface area contributed by atoms with Gasteiger partial charge in [0.15, 0.2) is 0 Å². The number of rotatable bonds is 6. The molecule has 0 bridgehead atoms. The van der Waals surface area contributed by atoms with E-state index in [1.807, 2.05) is 25.7 Å². The van der Waals surface area contributed by atoms with E-state index in [0.29, 0.717) is 19.4 Å². The molecule has 1 rings (SSSR count). The van der Waals surface area contributed by atoms with E-state index in [2.05, 4.69) is 0 Å². The third-order valence-corrected chi connectivity index (χ3v) is 4.29. The molecule has 1 amide bonds. The first-order valence-electron chi connectivity index (χ1n) is 6.99. The molecule has 1 aliphatic carbocycles. The summed E-state index contributed by atoms with van der Waals surface area (Å²) in [6.07, 6.45) is 4.21. The summed E-state index contributed by atoms with van der Waals surface area (Å²) in [4.78, 5) is 25.6. The number of carbonyl (C=O) groups excluding carboxylic acids is 1. The lowest BCUT2D eigenvalue weighted by molar-refractivity contribution is -0.153. The van der Waals surface area contributed by atoms with Crippen LogP contribution in [0, 0.1) is 5.41 Å². The monoisotopic (exact) mass is 255 g/mol. The molecule has 4 heteroatoms. The molecule has 0 heterocycles. The van der Waals surface area contributed by atoms with Gasteiger partial charge in [0.2, 0.25) is 5.91 Å². The van der Waals surface area contributed by atoms with Crippen LogP contribution in [0.2, 0.25) is 0 Å². The highest BCUT2D eigenvalue weighted by Gasteiger charge is 2.43. The van der Waals surface area contributed by atoms with Crippen molar-refractivity contribution in [1.82, 2.24) is 4.90 Å². The fourth-order valence-corrected chi connectivity index (χ4v) is 2.86. The second-order valence-electron chi connectivity index (χ2n) is 5.41. The van der Waals surface area contributed by atoms with Crippen LogP contribution in [0.5, 0.6) is 0 Å². The minimum Gasteiger partial charge on any atom is -0.481 e. The lowest BCUT2D eigenvalue weighted by Gasteiger charge is -2.31. The zero-order chi connectivity index (χ0) is 13.8. The fraction of sp³-hybridized carbons (Fsp3) is 0.857. The molecule has 0 spiro atoms. The average molecular weight is 255 g/mol. The molecule has 1 aliphatic rings. The number of amides is 1. The topological polar surface area (TPSA) is 57.6 Å². The maximum Gasteiger partial charge on any atom is 0.310 e. The predicted molar refractivity (Wildman–Crippen MR) is 70.3 cm³/mol. The quantitative estimate of drug-likeness (QED) is 0.793. The molecule has 1 N–H and O–H groups in total. The van der Waals surface area contributed by atoms with Crippen molar-refractivity contribution in [3.05, 3.63) is 0 Å². The van der Waals surface area contributed by atoms with Crippen LogP contribution in [0.15, 0.2) is 0 Å². The van der Waals surface area contributed by atoms with E-state index >= 15 is 0 Å². The van der Waals surface area contributed by atoms with E-state index in [1.54, 1.807) is 0 Å². The van der Waals surface area contributed by atoms with Crippen LogP contribution in [-0.4, -0.2) is 34.5 Å². The zero-order valence-corrected chi connectivity index (χ0v) is 11.7. The summed E-state index contributed by atoms with van der Waals surface area (Å²) in [6, 6.07) is 0.190. The van der Waals surface area contributed by atoms with E-state index in [0.717, 1.165) is 19.3 Å². The highest BCUT2D eigenvalue weighted by Crippen LogP contribution is 2.41. The fourth-order valence-electron chi connectivity index (χ4n) is 2.86. The van der Waals surface area contributed by atoms with Gasteiger partial charge in [0.05, 0.1) is 5.41 Å². The summed E-state index contributed by atoms with van der Waals surface area (Å²) in [5.74, 6) is -0.801. The summed E-state index contributed by atoms with van der Waals surface area (Å²) in [7, 11) is 0. The minimum absolute atomic E-state index is 0.00356. The van der Waals surface area contributed by atoms with Crippen molar-refractivity contribution >= 4 is 11.9 Å². The molecule has 4 nitrogen and oxygen atoms in total. The number of carbonyl (C=O) groups is 2. The first-order valence-corrected chi connectivity index (χ1v) is 6.99. The summed E-state index contributed by atoms with van der Waals surface area (Å²) in [5.41, 5.74) is -0.794. The van der Waals surface area contributed by atoms with E-state index in [9.17, 15) is 14.7 Å². The Labute approximate surface area is 109 Å². The molecule has 1 saturated carbocycles.